The molecule has 2 fully saturated rings. The second kappa shape index (κ2) is 7.33. The van der Waals surface area contributed by atoms with Gasteiger partial charge in [0.2, 0.25) is 0 Å². The van der Waals surface area contributed by atoms with E-state index >= 15 is 0 Å². The van der Waals surface area contributed by atoms with E-state index in [1.54, 1.807) is 18.6 Å². The summed E-state index contributed by atoms with van der Waals surface area (Å²) >= 11 is 7.61. The van der Waals surface area contributed by atoms with Gasteiger partial charge in [0.05, 0.1) is 23.0 Å². The Kier molecular flexibility index (Phi) is 5.16. The summed E-state index contributed by atoms with van der Waals surface area (Å²) in [4.78, 5) is 16.1. The van der Waals surface area contributed by atoms with Crippen LogP contribution in [0.4, 0.5) is 11.6 Å². The van der Waals surface area contributed by atoms with Gasteiger partial charge in [-0.2, -0.15) is 0 Å². The predicted molar refractivity (Wildman–Crippen MR) is 112 cm³/mol. The smallest absolute Gasteiger partial charge is 0.147 e. The van der Waals surface area contributed by atoms with Gasteiger partial charge in [0.1, 0.15) is 16.7 Å². The molecule has 4 rings (SSSR count). The van der Waals surface area contributed by atoms with Crippen LogP contribution in [0.3, 0.4) is 0 Å². The first-order valence-corrected chi connectivity index (χ1v) is 10.6. The number of anilines is 2. The normalized spacial score (nSPS) is 26.7. The molecule has 0 bridgehead atoms. The van der Waals surface area contributed by atoms with Gasteiger partial charge in [0, 0.05) is 30.2 Å². The second-order valence-electron chi connectivity index (χ2n) is 8.16. The molecule has 1 unspecified atom stereocenters. The highest BCUT2D eigenvalue weighted by atomic mass is 35.5. The van der Waals surface area contributed by atoms with Crippen LogP contribution < -0.4 is 16.4 Å². The van der Waals surface area contributed by atoms with Crippen LogP contribution in [0.15, 0.2) is 34.6 Å². The first kappa shape index (κ1) is 19.7. The van der Waals surface area contributed by atoms with Crippen LogP contribution in [0, 0.1) is 5.41 Å². The molecule has 0 aromatic carbocycles. The summed E-state index contributed by atoms with van der Waals surface area (Å²) in [6.07, 6.45) is 8.57. The lowest BCUT2D eigenvalue weighted by Gasteiger charge is -2.42. The second-order valence-corrected chi connectivity index (χ2v) is 9.60. The zero-order valence-corrected chi connectivity index (χ0v) is 17.4. The number of aliphatic hydroxyl groups is 1. The molecule has 150 valence electrons. The number of nitrogen functional groups attached to an aromatic ring is 1. The maximum Gasteiger partial charge on any atom is 0.147 e. The summed E-state index contributed by atoms with van der Waals surface area (Å²) in [5.74, 6) is 1.17. The Bertz CT molecular complexity index is 854. The fourth-order valence-corrected chi connectivity index (χ4v) is 5.53. The number of hydrogen-bond acceptors (Lipinski definition) is 8. The minimum atomic E-state index is -0.641. The van der Waals surface area contributed by atoms with Gasteiger partial charge in [-0.15, -0.1) is 0 Å². The van der Waals surface area contributed by atoms with Crippen LogP contribution in [-0.4, -0.2) is 44.8 Å². The molecule has 1 saturated carbocycles. The number of piperidine rings is 1. The lowest BCUT2D eigenvalue weighted by molar-refractivity contribution is 0.0480. The molecule has 3 heterocycles. The average Bonchev–Trinajstić information content (AvgIpc) is 2.88. The monoisotopic (exact) mass is 420 g/mol. The Morgan fingerprint density at radius 3 is 2.61 bits per heavy atom. The molecule has 0 radical (unpaired) electrons. The van der Waals surface area contributed by atoms with Crippen molar-refractivity contribution in [2.45, 2.75) is 54.2 Å². The van der Waals surface area contributed by atoms with Crippen molar-refractivity contribution < 1.29 is 5.11 Å². The van der Waals surface area contributed by atoms with E-state index in [9.17, 15) is 5.11 Å². The van der Waals surface area contributed by atoms with E-state index in [4.69, 9.17) is 23.1 Å². The van der Waals surface area contributed by atoms with Crippen LogP contribution in [0.2, 0.25) is 5.02 Å². The van der Waals surface area contributed by atoms with Crippen molar-refractivity contribution in [2.24, 2.45) is 11.1 Å². The van der Waals surface area contributed by atoms with E-state index in [-0.39, 0.29) is 11.5 Å². The highest BCUT2D eigenvalue weighted by Crippen LogP contribution is 2.50. The molecule has 2 aromatic rings. The molecule has 1 aliphatic heterocycles. The van der Waals surface area contributed by atoms with Gasteiger partial charge in [-0.05, 0) is 44.1 Å². The molecule has 1 aliphatic carbocycles. The Labute approximate surface area is 173 Å². The van der Waals surface area contributed by atoms with Crippen LogP contribution in [0.1, 0.15) is 32.6 Å². The number of rotatable bonds is 3. The third-order valence-corrected chi connectivity index (χ3v) is 7.46. The Hall–Kier alpha value is -1.61. The van der Waals surface area contributed by atoms with Gasteiger partial charge < -0.3 is 21.5 Å². The van der Waals surface area contributed by atoms with Gasteiger partial charge in [-0.1, -0.05) is 23.4 Å². The molecule has 7 nitrogen and oxygen atoms in total. The lowest BCUT2D eigenvalue weighted by Crippen LogP contribution is -2.47. The van der Waals surface area contributed by atoms with Gasteiger partial charge in [0.25, 0.3) is 0 Å². The summed E-state index contributed by atoms with van der Waals surface area (Å²) in [5, 5.41) is 11.6. The summed E-state index contributed by atoms with van der Waals surface area (Å²) in [7, 11) is 0. The molecule has 2 aliphatic rings. The van der Waals surface area contributed by atoms with Gasteiger partial charge >= 0.3 is 0 Å². The summed E-state index contributed by atoms with van der Waals surface area (Å²) < 4.78 is 0. The summed E-state index contributed by atoms with van der Waals surface area (Å²) in [6, 6.07) is 1.87. The van der Waals surface area contributed by atoms with E-state index in [1.807, 2.05) is 13.0 Å². The van der Waals surface area contributed by atoms with Gasteiger partial charge in [-0.25, -0.2) is 15.0 Å². The molecule has 5 N–H and O–H groups in total. The molecule has 1 saturated heterocycles. The Morgan fingerprint density at radius 1 is 1.25 bits per heavy atom. The first-order valence-electron chi connectivity index (χ1n) is 9.41. The summed E-state index contributed by atoms with van der Waals surface area (Å²) in [5.41, 5.74) is 11.5. The van der Waals surface area contributed by atoms with Crippen molar-refractivity contribution in [3.8, 4) is 0 Å². The minimum absolute atomic E-state index is 0.0429. The molecule has 2 aromatic heterocycles. The number of hydrogen-bond donors (Lipinski definition) is 3. The third-order valence-electron chi connectivity index (χ3n) is 5.97. The molecular formula is C19H25ClN6OS. The zero-order valence-electron chi connectivity index (χ0n) is 15.8. The zero-order chi connectivity index (χ0) is 19.9. The number of pyridine rings is 1. The number of halogens is 1. The van der Waals surface area contributed by atoms with Gasteiger partial charge in [-0.3, -0.25) is 0 Å². The molecule has 9 heteroatoms. The van der Waals surface area contributed by atoms with E-state index < -0.39 is 5.60 Å². The fourth-order valence-electron chi connectivity index (χ4n) is 4.54. The van der Waals surface area contributed by atoms with Crippen molar-refractivity contribution in [1.82, 2.24) is 15.0 Å². The largest absolute Gasteiger partial charge is 0.390 e. The van der Waals surface area contributed by atoms with E-state index in [0.717, 1.165) is 48.1 Å². The predicted octanol–water partition coefficient (Wildman–Crippen LogP) is 2.72. The minimum Gasteiger partial charge on any atom is -0.390 e. The van der Waals surface area contributed by atoms with Crippen molar-refractivity contribution in [1.29, 1.82) is 0 Å². The first-order chi connectivity index (χ1) is 13.3. The molecule has 0 amide bonds. The van der Waals surface area contributed by atoms with Gasteiger partial charge in [0.15, 0.2) is 0 Å². The lowest BCUT2D eigenvalue weighted by atomic mass is 9.73. The highest BCUT2D eigenvalue weighted by Gasteiger charge is 2.51. The number of aromatic nitrogens is 3. The van der Waals surface area contributed by atoms with E-state index in [0.29, 0.717) is 17.3 Å². The summed E-state index contributed by atoms with van der Waals surface area (Å²) in [6.45, 7) is 3.65. The number of nitrogens with two attached hydrogens (primary N) is 2. The van der Waals surface area contributed by atoms with Crippen molar-refractivity contribution in [2.75, 3.05) is 23.7 Å². The van der Waals surface area contributed by atoms with Crippen molar-refractivity contribution in [3.63, 3.8) is 0 Å². The highest BCUT2D eigenvalue weighted by molar-refractivity contribution is 7.99. The van der Waals surface area contributed by atoms with Crippen molar-refractivity contribution in [3.05, 3.63) is 29.7 Å². The SMILES string of the molecule is CC1(O)C[C@@H](N)C2(CCN(c3cnc(Sc4ccnc(N)c4Cl)cn3)CC2)C1. The average molecular weight is 421 g/mol. The third kappa shape index (κ3) is 3.78. The standard InChI is InChI=1S/C19H25ClN6OS/c1-18(27)8-13(21)19(11-18)3-6-26(7-4-19)14-9-25-15(10-24-14)28-12-2-5-23-17(22)16(12)20/h2,5,9-10,13,27H,3-4,6-8,11,21H2,1H3,(H2,22,23)/t13-,18?/m1/s1. The quantitative estimate of drug-likeness (QED) is 0.694. The molecule has 28 heavy (non-hydrogen) atoms. The topological polar surface area (TPSA) is 114 Å². The van der Waals surface area contributed by atoms with Crippen LogP contribution in [0.5, 0.6) is 0 Å². The van der Waals surface area contributed by atoms with Crippen LogP contribution >= 0.6 is 23.4 Å². The molecule has 1 spiro atoms. The van der Waals surface area contributed by atoms with Crippen LogP contribution in [-0.2, 0) is 0 Å². The fraction of sp³-hybridized carbons (Fsp3) is 0.526. The van der Waals surface area contributed by atoms with E-state index in [1.165, 1.54) is 11.8 Å². The Balaban J connectivity index is 1.41. The van der Waals surface area contributed by atoms with E-state index in [2.05, 4.69) is 19.9 Å². The Morgan fingerprint density at radius 2 is 2.00 bits per heavy atom. The maximum absolute atomic E-state index is 10.4. The maximum atomic E-state index is 10.4. The number of nitrogens with zero attached hydrogens (tertiary/aromatic N) is 4. The van der Waals surface area contributed by atoms with Crippen LogP contribution in [0.25, 0.3) is 0 Å². The molecular weight excluding hydrogens is 396 g/mol. The van der Waals surface area contributed by atoms with Crippen molar-refractivity contribution >= 4 is 35.0 Å². The molecule has 2 atom stereocenters.